The van der Waals surface area contributed by atoms with Crippen LogP contribution in [0.2, 0.25) is 0 Å². The van der Waals surface area contributed by atoms with Crippen molar-refractivity contribution in [3.63, 3.8) is 0 Å². The van der Waals surface area contributed by atoms with Crippen molar-refractivity contribution in [1.82, 2.24) is 0 Å². The highest BCUT2D eigenvalue weighted by Gasteiger charge is 2.26. The van der Waals surface area contributed by atoms with Crippen LogP contribution in [0.5, 0.6) is 0 Å². The summed E-state index contributed by atoms with van der Waals surface area (Å²) in [6.07, 6.45) is 1.10. The maximum atomic E-state index is 14.8. The van der Waals surface area contributed by atoms with Crippen molar-refractivity contribution in [3.05, 3.63) is 83.7 Å². The number of aliphatic hydroxyl groups excluding tert-OH is 1. The molecule has 31 heavy (non-hydrogen) atoms. The molecule has 0 fully saturated rings. The van der Waals surface area contributed by atoms with Crippen molar-refractivity contribution < 1.29 is 18.6 Å². The van der Waals surface area contributed by atoms with E-state index in [1.165, 1.54) is 17.3 Å². The van der Waals surface area contributed by atoms with Gasteiger partial charge in [0.05, 0.1) is 12.1 Å². The fourth-order valence-electron chi connectivity index (χ4n) is 3.15. The van der Waals surface area contributed by atoms with E-state index in [1.807, 2.05) is 61.5 Å². The molecule has 2 atom stereocenters. The first kappa shape index (κ1) is 23.6. The van der Waals surface area contributed by atoms with E-state index in [1.54, 1.807) is 12.1 Å². The third kappa shape index (κ3) is 6.70. The molecule has 0 aromatic heterocycles. The minimum absolute atomic E-state index is 0.0295. The van der Waals surface area contributed by atoms with Gasteiger partial charge in [-0.25, -0.2) is 4.39 Å². The Kier molecular flexibility index (Phi) is 8.35. The predicted molar refractivity (Wildman–Crippen MR) is 124 cm³/mol. The minimum atomic E-state index is -0.937. The van der Waals surface area contributed by atoms with E-state index in [2.05, 4.69) is 0 Å². The van der Waals surface area contributed by atoms with Crippen LogP contribution in [0, 0.1) is 12.7 Å². The molecular weight excluding hydrogens is 432 g/mol. The number of benzene rings is 3. The predicted octanol–water partition coefficient (Wildman–Crippen LogP) is 5.53. The number of rotatable bonds is 10. The average Bonchev–Trinajstić information content (AvgIpc) is 2.78. The van der Waals surface area contributed by atoms with Crippen molar-refractivity contribution in [2.45, 2.75) is 35.1 Å². The Morgan fingerprint density at radius 3 is 2.35 bits per heavy atom. The summed E-state index contributed by atoms with van der Waals surface area (Å²) in [5.74, 6) is -0.262. The monoisotopic (exact) mass is 458 g/mol. The lowest BCUT2D eigenvalue weighted by molar-refractivity contribution is 0.133. The number of nitrogens with two attached hydrogens (primary N) is 1. The molecule has 3 N–H and O–H groups in total. The zero-order chi connectivity index (χ0) is 22.3. The highest BCUT2D eigenvalue weighted by molar-refractivity contribution is 7.99. The molecule has 0 bridgehead atoms. The summed E-state index contributed by atoms with van der Waals surface area (Å²) in [6, 6.07) is 21.1. The Morgan fingerprint density at radius 2 is 1.74 bits per heavy atom. The molecule has 0 amide bonds. The number of hydrogen-bond acceptors (Lipinski definition) is 5. The average molecular weight is 459 g/mol. The van der Waals surface area contributed by atoms with Crippen molar-refractivity contribution in [3.8, 4) is 11.1 Å². The third-order valence-electron chi connectivity index (χ3n) is 5.11. The van der Waals surface area contributed by atoms with Gasteiger partial charge in [0.15, 0.2) is 0 Å². The molecule has 3 aromatic rings. The van der Waals surface area contributed by atoms with Crippen LogP contribution in [0.3, 0.4) is 0 Å². The first-order valence-electron chi connectivity index (χ1n) is 9.94. The van der Waals surface area contributed by atoms with Crippen LogP contribution < -0.4 is 5.73 Å². The molecule has 0 radical (unpaired) electrons. The summed E-state index contributed by atoms with van der Waals surface area (Å²) in [4.78, 5) is 1.92. The second-order valence-corrected chi connectivity index (χ2v) is 9.25. The van der Waals surface area contributed by atoms with Gasteiger partial charge in [0.25, 0.3) is 0 Å². The SMILES string of the molecule is Cc1ccc(Sc2ccc(-c3ccc(CCC(N)(CO)CO[PH+]=O)cc3)c(F)c2)cc1. The van der Waals surface area contributed by atoms with Gasteiger partial charge in [-0.2, -0.15) is 0 Å². The molecule has 0 aliphatic rings. The van der Waals surface area contributed by atoms with E-state index >= 15 is 0 Å². The zero-order valence-corrected chi connectivity index (χ0v) is 19.1. The highest BCUT2D eigenvalue weighted by Crippen LogP contribution is 2.32. The topological polar surface area (TPSA) is 72.6 Å². The van der Waals surface area contributed by atoms with Gasteiger partial charge in [0, 0.05) is 15.4 Å². The molecule has 0 aliphatic heterocycles. The normalized spacial score (nSPS) is 13.3. The van der Waals surface area contributed by atoms with Gasteiger partial charge in [-0.05, 0) is 59.7 Å². The van der Waals surface area contributed by atoms with E-state index in [4.69, 9.17) is 10.3 Å². The number of aryl methyl sites for hydroxylation is 2. The van der Waals surface area contributed by atoms with Gasteiger partial charge >= 0.3 is 8.69 Å². The Labute approximate surface area is 187 Å². The molecule has 0 aliphatic carbocycles. The lowest BCUT2D eigenvalue weighted by Crippen LogP contribution is -2.47. The van der Waals surface area contributed by atoms with E-state index in [9.17, 15) is 14.1 Å². The fraction of sp³-hybridized carbons (Fsp3) is 0.250. The summed E-state index contributed by atoms with van der Waals surface area (Å²) >= 11 is 1.53. The summed E-state index contributed by atoms with van der Waals surface area (Å²) < 4.78 is 30.2. The zero-order valence-electron chi connectivity index (χ0n) is 17.3. The first-order valence-corrected chi connectivity index (χ1v) is 11.6. The molecule has 2 unspecified atom stereocenters. The Morgan fingerprint density at radius 1 is 1.06 bits per heavy atom. The lowest BCUT2D eigenvalue weighted by atomic mass is 9.93. The summed E-state index contributed by atoms with van der Waals surface area (Å²) in [7, 11) is -0.902. The highest BCUT2D eigenvalue weighted by atomic mass is 32.2. The van der Waals surface area contributed by atoms with Crippen LogP contribution >= 0.6 is 20.4 Å². The van der Waals surface area contributed by atoms with Crippen LogP contribution in [0.4, 0.5) is 4.39 Å². The maximum absolute atomic E-state index is 14.8. The fourth-order valence-corrected chi connectivity index (χ4v) is 4.34. The number of halogens is 1. The molecule has 0 saturated carbocycles. The van der Waals surface area contributed by atoms with Crippen LogP contribution in [0.25, 0.3) is 11.1 Å². The van der Waals surface area contributed by atoms with E-state index in [0.717, 1.165) is 20.9 Å². The van der Waals surface area contributed by atoms with Crippen molar-refractivity contribution in [1.29, 1.82) is 0 Å². The maximum Gasteiger partial charge on any atom is 0.494 e. The summed E-state index contributed by atoms with van der Waals surface area (Å²) in [5.41, 5.74) is 8.71. The van der Waals surface area contributed by atoms with Gasteiger partial charge in [0.1, 0.15) is 12.4 Å². The Bertz CT molecular complexity index is 1010. The van der Waals surface area contributed by atoms with Crippen molar-refractivity contribution in [2.24, 2.45) is 5.73 Å². The molecular formula is C24H26FNO3PS+. The molecule has 0 saturated heterocycles. The summed E-state index contributed by atoms with van der Waals surface area (Å²) in [5, 5.41) is 9.49. The van der Waals surface area contributed by atoms with Crippen LogP contribution in [0.1, 0.15) is 17.5 Å². The quantitative estimate of drug-likeness (QED) is 0.391. The van der Waals surface area contributed by atoms with Gasteiger partial charge < -0.3 is 10.8 Å². The van der Waals surface area contributed by atoms with Gasteiger partial charge in [0.2, 0.25) is 0 Å². The van der Waals surface area contributed by atoms with Gasteiger partial charge in [-0.3, -0.25) is 0 Å². The lowest BCUT2D eigenvalue weighted by Gasteiger charge is -2.24. The smallest absolute Gasteiger partial charge is 0.394 e. The largest absolute Gasteiger partial charge is 0.494 e. The Hall–Kier alpha value is -2.08. The van der Waals surface area contributed by atoms with Crippen LogP contribution in [-0.2, 0) is 15.5 Å². The van der Waals surface area contributed by atoms with Crippen molar-refractivity contribution >= 4 is 20.4 Å². The second-order valence-electron chi connectivity index (χ2n) is 7.65. The molecule has 3 aromatic carbocycles. The Balaban J connectivity index is 1.66. The molecule has 0 heterocycles. The molecule has 0 spiro atoms. The molecule has 4 nitrogen and oxygen atoms in total. The number of aliphatic hydroxyl groups is 1. The standard InChI is InChI=1S/C24H26FNO3PS/c1-17-2-8-20(9-3-17)31-21-10-11-22(23(25)14-21)19-6-4-18(5-7-19)12-13-24(26,15-27)16-29-30-28/h2-11,14,27,30H,12-13,15-16,26H2,1H3/q+1. The van der Waals surface area contributed by atoms with Crippen LogP contribution in [0.15, 0.2) is 76.5 Å². The van der Waals surface area contributed by atoms with Crippen LogP contribution in [-0.4, -0.2) is 23.9 Å². The molecule has 162 valence electrons. The van der Waals surface area contributed by atoms with E-state index in [-0.39, 0.29) is 19.0 Å². The van der Waals surface area contributed by atoms with E-state index in [0.29, 0.717) is 18.4 Å². The minimum Gasteiger partial charge on any atom is -0.394 e. The second kappa shape index (κ2) is 11.0. The number of hydrogen-bond donors (Lipinski definition) is 2. The molecule has 7 heteroatoms. The van der Waals surface area contributed by atoms with Gasteiger partial charge in [-0.15, -0.1) is 4.52 Å². The summed E-state index contributed by atoms with van der Waals surface area (Å²) in [6.45, 7) is 1.81. The molecule has 3 rings (SSSR count). The third-order valence-corrected chi connectivity index (χ3v) is 6.37. The first-order chi connectivity index (χ1) is 14.9. The van der Waals surface area contributed by atoms with Crippen molar-refractivity contribution in [2.75, 3.05) is 13.2 Å². The van der Waals surface area contributed by atoms with E-state index < -0.39 is 14.2 Å². The van der Waals surface area contributed by atoms with Gasteiger partial charge in [-0.1, -0.05) is 59.8 Å².